The maximum Gasteiger partial charge on any atom is 0.319 e. The third-order valence-electron chi connectivity index (χ3n) is 5.00. The average Bonchev–Trinajstić information content (AvgIpc) is 3.19. The van der Waals surface area contributed by atoms with Gasteiger partial charge >= 0.3 is 6.03 Å². The second-order valence-corrected chi connectivity index (χ2v) is 6.74. The van der Waals surface area contributed by atoms with E-state index in [0.29, 0.717) is 18.5 Å². The molecule has 0 saturated carbocycles. The molecule has 6 nitrogen and oxygen atoms in total. The predicted octanol–water partition coefficient (Wildman–Crippen LogP) is 2.59. The smallest absolute Gasteiger partial charge is 0.319 e. The summed E-state index contributed by atoms with van der Waals surface area (Å²) >= 11 is 0. The van der Waals surface area contributed by atoms with Crippen LogP contribution < -0.4 is 15.5 Å². The van der Waals surface area contributed by atoms with Crippen molar-refractivity contribution in [3.8, 4) is 0 Å². The van der Waals surface area contributed by atoms with Crippen molar-refractivity contribution >= 4 is 23.3 Å². The monoisotopic (exact) mass is 351 g/mol. The van der Waals surface area contributed by atoms with Gasteiger partial charge in [0.2, 0.25) is 5.91 Å². The van der Waals surface area contributed by atoms with Crippen LogP contribution in [0.4, 0.5) is 16.2 Å². The lowest BCUT2D eigenvalue weighted by Crippen LogP contribution is -2.36. The van der Waals surface area contributed by atoms with E-state index in [2.05, 4.69) is 10.6 Å². The molecule has 2 aromatic carbocycles. The lowest BCUT2D eigenvalue weighted by atomic mass is 10.1. The number of carbonyl (C=O) groups excluding carboxylic acids is 2. The van der Waals surface area contributed by atoms with E-state index in [9.17, 15) is 14.7 Å². The first-order chi connectivity index (χ1) is 12.6. The summed E-state index contributed by atoms with van der Waals surface area (Å²) in [6, 6.07) is 14.2. The number of nitrogens with zero attached hydrogens (tertiary/aromatic N) is 1. The molecule has 0 aromatic heterocycles. The molecule has 4 rings (SSSR count). The van der Waals surface area contributed by atoms with Crippen molar-refractivity contribution < 1.29 is 14.7 Å². The number of carbonyl (C=O) groups is 2. The molecule has 3 N–H and O–H groups in total. The lowest BCUT2D eigenvalue weighted by Gasteiger charge is -2.19. The fraction of sp³-hybridized carbons (Fsp3) is 0.300. The quantitative estimate of drug-likeness (QED) is 0.795. The van der Waals surface area contributed by atoms with Gasteiger partial charge in [0, 0.05) is 30.8 Å². The molecule has 2 aromatic rings. The van der Waals surface area contributed by atoms with Gasteiger partial charge in [-0.3, -0.25) is 4.79 Å². The summed E-state index contributed by atoms with van der Waals surface area (Å²) in [5, 5.41) is 15.9. The second-order valence-electron chi connectivity index (χ2n) is 6.74. The Balaban J connectivity index is 1.40. The molecule has 0 spiro atoms. The lowest BCUT2D eigenvalue weighted by molar-refractivity contribution is -0.117. The zero-order valence-corrected chi connectivity index (χ0v) is 14.3. The molecule has 0 bridgehead atoms. The van der Waals surface area contributed by atoms with Gasteiger partial charge in [0.05, 0.1) is 12.1 Å². The van der Waals surface area contributed by atoms with Crippen molar-refractivity contribution in [3.05, 3.63) is 59.7 Å². The number of hydrogen-bond acceptors (Lipinski definition) is 3. The number of nitrogens with one attached hydrogen (secondary N) is 2. The number of rotatable bonds is 3. The number of urea groups is 1. The normalized spacial score (nSPS) is 21.6. The summed E-state index contributed by atoms with van der Waals surface area (Å²) in [6.45, 7) is 0.741. The van der Waals surface area contributed by atoms with Crippen molar-refractivity contribution in [1.82, 2.24) is 5.32 Å². The molecule has 1 aliphatic carbocycles. The van der Waals surface area contributed by atoms with Gasteiger partial charge in [-0.2, -0.15) is 0 Å². The summed E-state index contributed by atoms with van der Waals surface area (Å²) in [5.41, 5.74) is 3.50. The molecule has 1 heterocycles. The van der Waals surface area contributed by atoms with Crippen molar-refractivity contribution in [2.45, 2.75) is 31.4 Å². The summed E-state index contributed by atoms with van der Waals surface area (Å²) in [6.07, 6.45) is 1.39. The Labute approximate surface area is 151 Å². The zero-order valence-electron chi connectivity index (χ0n) is 14.3. The van der Waals surface area contributed by atoms with Crippen LogP contribution in [-0.2, 0) is 11.2 Å². The van der Waals surface area contributed by atoms with Gasteiger partial charge in [-0.25, -0.2) is 4.79 Å². The summed E-state index contributed by atoms with van der Waals surface area (Å²) < 4.78 is 0. The highest BCUT2D eigenvalue weighted by molar-refractivity contribution is 5.96. The van der Waals surface area contributed by atoms with Gasteiger partial charge < -0.3 is 20.6 Å². The number of benzene rings is 2. The Kier molecular flexibility index (Phi) is 4.34. The third-order valence-corrected chi connectivity index (χ3v) is 5.00. The minimum absolute atomic E-state index is 0.136. The summed E-state index contributed by atoms with van der Waals surface area (Å²) in [4.78, 5) is 25.9. The molecule has 1 aliphatic heterocycles. The van der Waals surface area contributed by atoms with Crippen LogP contribution in [0.3, 0.4) is 0 Å². The molecule has 1 fully saturated rings. The predicted molar refractivity (Wildman–Crippen MR) is 99.1 cm³/mol. The van der Waals surface area contributed by atoms with Crippen LogP contribution in [0.5, 0.6) is 0 Å². The maximum absolute atomic E-state index is 12.3. The van der Waals surface area contributed by atoms with Crippen molar-refractivity contribution in [3.63, 3.8) is 0 Å². The van der Waals surface area contributed by atoms with Crippen molar-refractivity contribution in [2.75, 3.05) is 16.8 Å². The molecule has 0 radical (unpaired) electrons. The number of hydrogen-bond donors (Lipinski definition) is 3. The van der Waals surface area contributed by atoms with Gasteiger partial charge in [-0.05, 0) is 41.8 Å². The molecule has 26 heavy (non-hydrogen) atoms. The molecule has 3 amide bonds. The van der Waals surface area contributed by atoms with Gasteiger partial charge in [0.15, 0.2) is 0 Å². The minimum Gasteiger partial charge on any atom is -0.390 e. The Morgan fingerprint density at radius 2 is 1.88 bits per heavy atom. The number of aliphatic hydroxyl groups is 1. The third kappa shape index (κ3) is 3.15. The Morgan fingerprint density at radius 3 is 2.62 bits per heavy atom. The summed E-state index contributed by atoms with van der Waals surface area (Å²) in [5.74, 6) is 0.136. The van der Waals surface area contributed by atoms with E-state index in [1.165, 1.54) is 0 Å². The molecule has 2 aliphatic rings. The van der Waals surface area contributed by atoms with E-state index >= 15 is 0 Å². The van der Waals surface area contributed by atoms with Crippen molar-refractivity contribution in [1.29, 1.82) is 0 Å². The molecule has 0 unspecified atom stereocenters. The van der Waals surface area contributed by atoms with Crippen LogP contribution in [0.1, 0.15) is 30.0 Å². The minimum atomic E-state index is -0.623. The van der Waals surface area contributed by atoms with Crippen LogP contribution in [0.25, 0.3) is 0 Å². The van der Waals surface area contributed by atoms with E-state index in [4.69, 9.17) is 0 Å². The van der Waals surface area contributed by atoms with Crippen LogP contribution >= 0.6 is 0 Å². The van der Waals surface area contributed by atoms with E-state index in [1.807, 2.05) is 36.4 Å². The fourth-order valence-corrected chi connectivity index (χ4v) is 3.70. The Morgan fingerprint density at radius 1 is 1.12 bits per heavy atom. The first-order valence-corrected chi connectivity index (χ1v) is 8.85. The van der Waals surface area contributed by atoms with Crippen LogP contribution in [-0.4, -0.2) is 29.7 Å². The zero-order chi connectivity index (χ0) is 18.1. The first kappa shape index (κ1) is 16.6. The number of anilines is 2. The van der Waals surface area contributed by atoms with Crippen LogP contribution in [0.2, 0.25) is 0 Å². The molecule has 2 atom stereocenters. The van der Waals surface area contributed by atoms with E-state index in [0.717, 1.165) is 29.8 Å². The Bertz CT molecular complexity index is 834. The number of aliphatic hydroxyl groups excluding tert-OH is 1. The SMILES string of the molecule is O=C(Nc1ccc(N2CCCC2=O)cc1)N[C@@H]1c2ccccc2C[C@@H]1O. The highest BCUT2D eigenvalue weighted by Gasteiger charge is 2.31. The molecule has 6 heteroatoms. The highest BCUT2D eigenvalue weighted by Crippen LogP contribution is 2.31. The number of fused-ring (bicyclic) bond motifs is 1. The highest BCUT2D eigenvalue weighted by atomic mass is 16.3. The summed E-state index contributed by atoms with van der Waals surface area (Å²) in [7, 11) is 0. The van der Waals surface area contributed by atoms with Gasteiger partial charge in [-0.1, -0.05) is 24.3 Å². The van der Waals surface area contributed by atoms with Gasteiger partial charge in [0.1, 0.15) is 0 Å². The molecular weight excluding hydrogens is 330 g/mol. The van der Waals surface area contributed by atoms with Gasteiger partial charge in [-0.15, -0.1) is 0 Å². The fourth-order valence-electron chi connectivity index (χ4n) is 3.70. The largest absolute Gasteiger partial charge is 0.390 e. The van der Waals surface area contributed by atoms with E-state index in [1.54, 1.807) is 17.0 Å². The Hall–Kier alpha value is -2.86. The van der Waals surface area contributed by atoms with Crippen LogP contribution in [0, 0.1) is 0 Å². The average molecular weight is 351 g/mol. The topological polar surface area (TPSA) is 81.7 Å². The molecular formula is C20H21N3O3. The van der Waals surface area contributed by atoms with E-state index < -0.39 is 12.1 Å². The van der Waals surface area contributed by atoms with Crippen molar-refractivity contribution in [2.24, 2.45) is 0 Å². The standard InChI is InChI=1S/C20H21N3O3/c24-17-12-13-4-1-2-5-16(13)19(17)22-20(26)21-14-7-9-15(10-8-14)23-11-3-6-18(23)25/h1-2,4-5,7-10,17,19,24H,3,6,11-12H2,(H2,21,22,26)/t17-,19+/m0/s1. The first-order valence-electron chi connectivity index (χ1n) is 8.85. The number of amides is 3. The van der Waals surface area contributed by atoms with Crippen LogP contribution in [0.15, 0.2) is 48.5 Å². The van der Waals surface area contributed by atoms with Gasteiger partial charge in [0.25, 0.3) is 0 Å². The maximum atomic E-state index is 12.3. The van der Waals surface area contributed by atoms with E-state index in [-0.39, 0.29) is 11.9 Å². The second kappa shape index (κ2) is 6.80. The molecule has 134 valence electrons. The molecule has 1 saturated heterocycles.